The predicted molar refractivity (Wildman–Crippen MR) is 85.6 cm³/mol. The number of aliphatic hydroxyl groups is 1. The van der Waals surface area contributed by atoms with E-state index in [0.717, 1.165) is 24.9 Å². The Balaban J connectivity index is 1.56. The van der Waals surface area contributed by atoms with E-state index in [9.17, 15) is 15.2 Å². The molecular formula is C17H22N2O4. The highest BCUT2D eigenvalue weighted by Crippen LogP contribution is 2.56. The summed E-state index contributed by atoms with van der Waals surface area (Å²) in [5.41, 5.74) is 0.399. The highest BCUT2D eigenvalue weighted by molar-refractivity contribution is 5.58. The van der Waals surface area contributed by atoms with Gasteiger partial charge < -0.3 is 15.2 Å². The van der Waals surface area contributed by atoms with Crippen LogP contribution in [0, 0.1) is 27.9 Å². The second kappa shape index (κ2) is 5.09. The summed E-state index contributed by atoms with van der Waals surface area (Å²) in [6, 6.07) is 5.29. The maximum absolute atomic E-state index is 11.0. The molecule has 4 saturated carbocycles. The second-order valence-corrected chi connectivity index (χ2v) is 7.51. The summed E-state index contributed by atoms with van der Waals surface area (Å²) in [5.74, 6) is 1.93. The summed E-state index contributed by atoms with van der Waals surface area (Å²) in [6.07, 6.45) is 5.09. The molecule has 6 heteroatoms. The second-order valence-electron chi connectivity index (χ2n) is 7.51. The molecule has 0 amide bonds. The van der Waals surface area contributed by atoms with E-state index in [1.807, 2.05) is 0 Å². The van der Waals surface area contributed by atoms with Crippen molar-refractivity contribution < 1.29 is 14.8 Å². The number of rotatable bonds is 4. The monoisotopic (exact) mass is 318 g/mol. The quantitative estimate of drug-likeness (QED) is 0.658. The Labute approximate surface area is 135 Å². The number of nitrogens with zero attached hydrogens (tertiary/aromatic N) is 1. The number of nitro groups is 1. The number of nitro benzene ring substituents is 1. The van der Waals surface area contributed by atoms with Gasteiger partial charge in [0.1, 0.15) is 0 Å². The van der Waals surface area contributed by atoms with Gasteiger partial charge in [-0.25, -0.2) is 0 Å². The van der Waals surface area contributed by atoms with E-state index in [1.54, 1.807) is 12.1 Å². The molecule has 0 heterocycles. The Morgan fingerprint density at radius 3 is 2.57 bits per heavy atom. The largest absolute Gasteiger partial charge is 0.490 e. The Morgan fingerprint density at radius 2 is 2.00 bits per heavy atom. The van der Waals surface area contributed by atoms with Crippen molar-refractivity contribution in [3.05, 3.63) is 28.3 Å². The zero-order valence-electron chi connectivity index (χ0n) is 13.2. The molecule has 6 nitrogen and oxygen atoms in total. The van der Waals surface area contributed by atoms with Gasteiger partial charge in [0.15, 0.2) is 5.75 Å². The molecular weight excluding hydrogens is 296 g/mol. The Morgan fingerprint density at radius 1 is 1.30 bits per heavy atom. The molecule has 0 radical (unpaired) electrons. The molecule has 124 valence electrons. The van der Waals surface area contributed by atoms with Gasteiger partial charge in [-0.2, -0.15) is 0 Å². The Bertz CT molecular complexity index is 631. The number of hydrogen-bond donors (Lipinski definition) is 2. The maximum atomic E-state index is 11.0. The van der Waals surface area contributed by atoms with Crippen LogP contribution in [0.1, 0.15) is 32.1 Å². The zero-order chi connectivity index (χ0) is 16.2. The van der Waals surface area contributed by atoms with Crippen LogP contribution < -0.4 is 10.1 Å². The first-order valence-corrected chi connectivity index (χ1v) is 8.29. The van der Waals surface area contributed by atoms with Gasteiger partial charge in [0.2, 0.25) is 0 Å². The van der Waals surface area contributed by atoms with E-state index in [0.29, 0.717) is 23.8 Å². The van der Waals surface area contributed by atoms with Crippen molar-refractivity contribution in [3.63, 3.8) is 0 Å². The third-order valence-corrected chi connectivity index (χ3v) is 5.95. The average Bonchev–Trinajstić information content (AvgIpc) is 2.48. The normalized spacial score (nSPS) is 37.7. The summed E-state index contributed by atoms with van der Waals surface area (Å²) in [4.78, 5) is 10.6. The van der Waals surface area contributed by atoms with E-state index in [-0.39, 0.29) is 11.4 Å². The minimum atomic E-state index is -0.443. The first-order chi connectivity index (χ1) is 11.0. The maximum Gasteiger partial charge on any atom is 0.311 e. The molecule has 4 aliphatic carbocycles. The minimum Gasteiger partial charge on any atom is -0.490 e. The first-order valence-electron chi connectivity index (χ1n) is 8.29. The van der Waals surface area contributed by atoms with E-state index in [1.165, 1.54) is 26.0 Å². The molecule has 1 aromatic carbocycles. The van der Waals surface area contributed by atoms with Gasteiger partial charge in [0.05, 0.1) is 17.6 Å². The lowest BCUT2D eigenvalue weighted by Crippen LogP contribution is -2.58. The standard InChI is InChI=1S/C17H22N2O4/c1-23-15-6-13(2-3-14(15)19(21)22)18-16-11-4-10-5-12(16)9-17(20,7-10)8-11/h2-3,6,10-12,16,18,20H,4-5,7-9H2,1H3. The summed E-state index contributed by atoms with van der Waals surface area (Å²) in [5, 5.41) is 25.2. The third kappa shape index (κ3) is 2.45. The fourth-order valence-electron chi connectivity index (χ4n) is 5.33. The molecule has 0 aliphatic heterocycles. The highest BCUT2D eigenvalue weighted by atomic mass is 16.6. The smallest absolute Gasteiger partial charge is 0.311 e. The van der Waals surface area contributed by atoms with Crippen molar-refractivity contribution in [2.24, 2.45) is 17.8 Å². The molecule has 5 rings (SSSR count). The number of nitrogens with one attached hydrogen (secondary N) is 1. The lowest BCUT2D eigenvalue weighted by Gasteiger charge is -2.58. The summed E-state index contributed by atoms with van der Waals surface area (Å²) >= 11 is 0. The van der Waals surface area contributed by atoms with Crippen molar-refractivity contribution in [1.29, 1.82) is 0 Å². The fraction of sp³-hybridized carbons (Fsp3) is 0.647. The lowest BCUT2D eigenvalue weighted by molar-refractivity contribution is -0.385. The molecule has 0 spiro atoms. The highest BCUT2D eigenvalue weighted by Gasteiger charge is 2.54. The van der Waals surface area contributed by atoms with Crippen molar-refractivity contribution >= 4 is 11.4 Å². The van der Waals surface area contributed by atoms with Crippen molar-refractivity contribution in [2.75, 3.05) is 12.4 Å². The number of anilines is 1. The van der Waals surface area contributed by atoms with Gasteiger partial charge in [-0.1, -0.05) is 0 Å². The van der Waals surface area contributed by atoms with Crippen LogP contribution in [0.25, 0.3) is 0 Å². The summed E-state index contributed by atoms with van der Waals surface area (Å²) in [7, 11) is 1.45. The van der Waals surface area contributed by atoms with E-state index in [4.69, 9.17) is 4.74 Å². The van der Waals surface area contributed by atoms with Crippen LogP contribution in [-0.4, -0.2) is 28.8 Å². The van der Waals surface area contributed by atoms with E-state index >= 15 is 0 Å². The molecule has 4 aliphatic rings. The van der Waals surface area contributed by atoms with Crippen LogP contribution in [-0.2, 0) is 0 Å². The van der Waals surface area contributed by atoms with Gasteiger partial charge in [-0.15, -0.1) is 0 Å². The topological polar surface area (TPSA) is 84.6 Å². The Kier molecular flexibility index (Phi) is 3.27. The average molecular weight is 318 g/mol. The molecule has 1 aromatic rings. The fourth-order valence-corrected chi connectivity index (χ4v) is 5.33. The molecule has 4 fully saturated rings. The molecule has 2 unspecified atom stereocenters. The third-order valence-electron chi connectivity index (χ3n) is 5.95. The molecule has 23 heavy (non-hydrogen) atoms. The lowest BCUT2D eigenvalue weighted by atomic mass is 9.52. The number of hydrogen-bond acceptors (Lipinski definition) is 5. The van der Waals surface area contributed by atoms with Crippen molar-refractivity contribution in [3.8, 4) is 5.75 Å². The number of methoxy groups -OCH3 is 1. The Hall–Kier alpha value is -1.82. The van der Waals surface area contributed by atoms with Crippen LogP contribution in [0.15, 0.2) is 18.2 Å². The minimum absolute atomic E-state index is 0.0163. The molecule has 4 bridgehead atoms. The van der Waals surface area contributed by atoms with Gasteiger partial charge in [-0.05, 0) is 55.9 Å². The van der Waals surface area contributed by atoms with Crippen LogP contribution in [0.5, 0.6) is 5.75 Å². The predicted octanol–water partition coefficient (Wildman–Crippen LogP) is 2.95. The van der Waals surface area contributed by atoms with E-state index < -0.39 is 10.5 Å². The van der Waals surface area contributed by atoms with Gasteiger partial charge >= 0.3 is 5.69 Å². The van der Waals surface area contributed by atoms with Crippen LogP contribution >= 0.6 is 0 Å². The van der Waals surface area contributed by atoms with Gasteiger partial charge in [0.25, 0.3) is 0 Å². The van der Waals surface area contributed by atoms with Crippen LogP contribution in [0.3, 0.4) is 0 Å². The van der Waals surface area contributed by atoms with E-state index in [2.05, 4.69) is 5.32 Å². The molecule has 0 saturated heterocycles. The summed E-state index contributed by atoms with van der Waals surface area (Å²) in [6.45, 7) is 0. The number of benzene rings is 1. The van der Waals surface area contributed by atoms with Crippen LogP contribution in [0.2, 0.25) is 0 Å². The van der Waals surface area contributed by atoms with Crippen molar-refractivity contribution in [2.45, 2.75) is 43.7 Å². The summed E-state index contributed by atoms with van der Waals surface area (Å²) < 4.78 is 5.15. The van der Waals surface area contributed by atoms with Crippen LogP contribution in [0.4, 0.5) is 11.4 Å². The van der Waals surface area contributed by atoms with Gasteiger partial charge in [0, 0.05) is 23.9 Å². The molecule has 0 aromatic heterocycles. The molecule has 2 atom stereocenters. The zero-order valence-corrected chi connectivity index (χ0v) is 13.2. The SMILES string of the molecule is COc1cc(NC2C3CC4CC2CC(O)(C4)C3)ccc1[N+](=O)[O-]. The first kappa shape index (κ1) is 14.8. The number of ether oxygens (including phenoxy) is 1. The van der Waals surface area contributed by atoms with Gasteiger partial charge in [-0.3, -0.25) is 10.1 Å². The van der Waals surface area contributed by atoms with Crippen molar-refractivity contribution in [1.82, 2.24) is 0 Å². The molecule has 2 N–H and O–H groups in total.